The Morgan fingerprint density at radius 3 is 2.79 bits per heavy atom. The fourth-order valence-electron chi connectivity index (χ4n) is 2.41. The molecule has 0 radical (unpaired) electrons. The minimum absolute atomic E-state index is 0.196. The highest BCUT2D eigenvalue weighted by Gasteiger charge is 2.19. The van der Waals surface area contributed by atoms with E-state index in [0.29, 0.717) is 11.4 Å². The lowest BCUT2D eigenvalue weighted by atomic mass is 10.1. The summed E-state index contributed by atoms with van der Waals surface area (Å²) >= 11 is 3.49. The summed E-state index contributed by atoms with van der Waals surface area (Å²) in [6.07, 6.45) is 5.20. The molecule has 1 aliphatic rings. The Morgan fingerprint density at radius 2 is 2.05 bits per heavy atom. The van der Waals surface area contributed by atoms with Crippen LogP contribution in [0.1, 0.15) is 37.3 Å². The number of benzene rings is 1. The van der Waals surface area contributed by atoms with Crippen molar-refractivity contribution in [1.29, 1.82) is 0 Å². The number of halogens is 1. The van der Waals surface area contributed by atoms with Crippen molar-refractivity contribution in [3.05, 3.63) is 29.3 Å². The second kappa shape index (κ2) is 6.37. The Balaban J connectivity index is 2.07. The quantitative estimate of drug-likeness (QED) is 0.805. The third-order valence-electron chi connectivity index (χ3n) is 3.48. The molecule has 3 nitrogen and oxygen atoms in total. The van der Waals surface area contributed by atoms with Gasteiger partial charge < -0.3 is 0 Å². The van der Waals surface area contributed by atoms with Gasteiger partial charge in [-0.15, -0.1) is 0 Å². The molecule has 1 unspecified atom stereocenters. The first kappa shape index (κ1) is 15.0. The lowest BCUT2D eigenvalue weighted by Gasteiger charge is -2.11. The molecule has 0 heterocycles. The fourth-order valence-corrected chi connectivity index (χ4v) is 4.38. The zero-order valence-corrected chi connectivity index (χ0v) is 13.6. The number of nitrogens with one attached hydrogen (secondary N) is 1. The predicted molar refractivity (Wildman–Crippen MR) is 81.3 cm³/mol. The van der Waals surface area contributed by atoms with E-state index in [1.165, 1.54) is 11.1 Å². The second-order valence-corrected chi connectivity index (χ2v) is 8.08. The van der Waals surface area contributed by atoms with Crippen molar-refractivity contribution in [1.82, 2.24) is 4.72 Å². The van der Waals surface area contributed by atoms with Gasteiger partial charge in [-0.25, -0.2) is 13.1 Å². The molecule has 19 heavy (non-hydrogen) atoms. The van der Waals surface area contributed by atoms with Crippen LogP contribution in [0, 0.1) is 0 Å². The normalized spacial score (nSPS) is 16.3. The lowest BCUT2D eigenvalue weighted by Crippen LogP contribution is -2.29. The Hall–Kier alpha value is -0.390. The first-order valence-electron chi connectivity index (χ1n) is 6.78. The SMILES string of the molecule is CCCC(Br)CNS(=O)(=O)c1ccc2c(c1)CCC2. The average molecular weight is 346 g/mol. The Bertz CT molecular complexity index is 542. The third-order valence-corrected chi connectivity index (χ3v) is 5.68. The van der Waals surface area contributed by atoms with E-state index in [0.717, 1.165) is 32.1 Å². The second-order valence-electron chi connectivity index (χ2n) is 5.02. The fraction of sp³-hybridized carbons (Fsp3) is 0.571. The van der Waals surface area contributed by atoms with Gasteiger partial charge in [-0.1, -0.05) is 35.3 Å². The van der Waals surface area contributed by atoms with Crippen molar-refractivity contribution in [3.8, 4) is 0 Å². The molecule has 0 fully saturated rings. The van der Waals surface area contributed by atoms with Gasteiger partial charge in [-0.05, 0) is 48.9 Å². The van der Waals surface area contributed by atoms with Crippen LogP contribution < -0.4 is 4.72 Å². The summed E-state index contributed by atoms with van der Waals surface area (Å²) in [4.78, 5) is 0.589. The molecule has 1 aliphatic carbocycles. The molecule has 1 aromatic rings. The van der Waals surface area contributed by atoms with E-state index in [-0.39, 0.29) is 4.83 Å². The van der Waals surface area contributed by atoms with Gasteiger partial charge in [0, 0.05) is 11.4 Å². The summed E-state index contributed by atoms with van der Waals surface area (Å²) in [6, 6.07) is 5.50. The van der Waals surface area contributed by atoms with Crippen LogP contribution >= 0.6 is 15.9 Å². The zero-order chi connectivity index (χ0) is 13.9. The van der Waals surface area contributed by atoms with Crippen LogP contribution in [0.5, 0.6) is 0 Å². The van der Waals surface area contributed by atoms with Crippen LogP contribution in [-0.4, -0.2) is 19.8 Å². The third kappa shape index (κ3) is 3.80. The van der Waals surface area contributed by atoms with Crippen molar-refractivity contribution in [2.75, 3.05) is 6.54 Å². The molecule has 1 atom stereocenters. The first-order chi connectivity index (χ1) is 9.03. The van der Waals surface area contributed by atoms with Gasteiger partial charge in [0.1, 0.15) is 0 Å². The maximum Gasteiger partial charge on any atom is 0.240 e. The number of rotatable bonds is 6. The van der Waals surface area contributed by atoms with Crippen LogP contribution in [0.25, 0.3) is 0 Å². The van der Waals surface area contributed by atoms with Crippen LogP contribution in [0.3, 0.4) is 0 Å². The van der Waals surface area contributed by atoms with E-state index < -0.39 is 10.0 Å². The van der Waals surface area contributed by atoms with Crippen LogP contribution in [0.15, 0.2) is 23.1 Å². The van der Waals surface area contributed by atoms with Crippen molar-refractivity contribution in [2.24, 2.45) is 0 Å². The van der Waals surface area contributed by atoms with Crippen LogP contribution in [0.4, 0.5) is 0 Å². The van der Waals surface area contributed by atoms with Crippen LogP contribution in [0.2, 0.25) is 0 Å². The van der Waals surface area contributed by atoms with E-state index >= 15 is 0 Å². The van der Waals surface area contributed by atoms with Gasteiger partial charge in [0.05, 0.1) is 4.90 Å². The highest BCUT2D eigenvalue weighted by Crippen LogP contribution is 2.24. The molecule has 106 valence electrons. The smallest absolute Gasteiger partial charge is 0.210 e. The molecule has 0 saturated heterocycles. The maximum absolute atomic E-state index is 12.2. The minimum atomic E-state index is -3.38. The molecule has 0 saturated carbocycles. The molecular formula is C14H20BrNO2S. The number of hydrogen-bond acceptors (Lipinski definition) is 2. The summed E-state index contributed by atoms with van der Waals surface area (Å²) in [6.45, 7) is 2.52. The van der Waals surface area contributed by atoms with E-state index in [4.69, 9.17) is 0 Å². The zero-order valence-electron chi connectivity index (χ0n) is 11.2. The van der Waals surface area contributed by atoms with Crippen molar-refractivity contribution >= 4 is 26.0 Å². The highest BCUT2D eigenvalue weighted by atomic mass is 79.9. The molecule has 0 bridgehead atoms. The predicted octanol–water partition coefficient (Wildman–Crippen LogP) is 3.02. The number of fused-ring (bicyclic) bond motifs is 1. The molecule has 0 amide bonds. The molecule has 1 aromatic carbocycles. The summed E-state index contributed by atoms with van der Waals surface area (Å²) in [5, 5.41) is 0. The molecule has 0 aliphatic heterocycles. The van der Waals surface area contributed by atoms with E-state index in [2.05, 4.69) is 27.6 Å². The van der Waals surface area contributed by atoms with Gasteiger partial charge in [0.25, 0.3) is 0 Å². The van der Waals surface area contributed by atoms with Crippen molar-refractivity contribution in [2.45, 2.75) is 48.8 Å². The monoisotopic (exact) mass is 345 g/mol. The average Bonchev–Trinajstić information content (AvgIpc) is 2.84. The van der Waals surface area contributed by atoms with Gasteiger partial charge in [0.2, 0.25) is 10.0 Å². The molecule has 5 heteroatoms. The molecule has 0 aromatic heterocycles. The maximum atomic E-state index is 12.2. The van der Waals surface area contributed by atoms with Crippen molar-refractivity contribution in [3.63, 3.8) is 0 Å². The summed E-state index contributed by atoms with van der Waals surface area (Å²) in [5.41, 5.74) is 2.48. The van der Waals surface area contributed by atoms with E-state index in [1.807, 2.05) is 12.1 Å². The molecule has 2 rings (SSSR count). The molecular weight excluding hydrogens is 326 g/mol. The number of hydrogen-bond donors (Lipinski definition) is 1. The number of alkyl halides is 1. The van der Waals surface area contributed by atoms with E-state index in [1.54, 1.807) is 6.07 Å². The largest absolute Gasteiger partial charge is 0.240 e. The molecule has 0 spiro atoms. The van der Waals surface area contributed by atoms with Crippen LogP contribution in [-0.2, 0) is 22.9 Å². The van der Waals surface area contributed by atoms with Gasteiger partial charge in [0.15, 0.2) is 0 Å². The van der Waals surface area contributed by atoms with Gasteiger partial charge in [-0.2, -0.15) is 0 Å². The number of sulfonamides is 1. The van der Waals surface area contributed by atoms with Gasteiger partial charge >= 0.3 is 0 Å². The summed E-state index contributed by atoms with van der Waals surface area (Å²) < 4.78 is 27.1. The lowest BCUT2D eigenvalue weighted by molar-refractivity contribution is 0.578. The minimum Gasteiger partial charge on any atom is -0.210 e. The first-order valence-corrected chi connectivity index (χ1v) is 9.18. The highest BCUT2D eigenvalue weighted by molar-refractivity contribution is 9.09. The summed E-state index contributed by atoms with van der Waals surface area (Å²) in [7, 11) is -3.38. The number of aryl methyl sites for hydroxylation is 2. The Morgan fingerprint density at radius 1 is 1.32 bits per heavy atom. The Kier molecular flexibility index (Phi) is 5.03. The Labute approximate surface area is 124 Å². The van der Waals surface area contributed by atoms with Crippen molar-refractivity contribution < 1.29 is 8.42 Å². The summed E-state index contributed by atoms with van der Waals surface area (Å²) in [5.74, 6) is 0. The standard InChI is InChI=1S/C14H20BrNO2S/c1-2-4-13(15)10-16-19(17,18)14-8-7-11-5-3-6-12(11)9-14/h7-9,13,16H,2-6,10H2,1H3. The van der Waals surface area contributed by atoms with Gasteiger partial charge in [-0.3, -0.25) is 0 Å². The topological polar surface area (TPSA) is 46.2 Å². The van der Waals surface area contributed by atoms with E-state index in [9.17, 15) is 8.42 Å². The molecule has 1 N–H and O–H groups in total.